The second-order valence-electron chi connectivity index (χ2n) is 5.97. The van der Waals surface area contributed by atoms with Crippen molar-refractivity contribution in [2.24, 2.45) is 11.7 Å². The molecule has 0 spiro atoms. The maximum atomic E-state index is 6.34. The summed E-state index contributed by atoms with van der Waals surface area (Å²) in [4.78, 5) is 2.35. The number of likely N-dealkylation sites (N-methyl/N-ethyl adjacent to an activating group) is 1. The van der Waals surface area contributed by atoms with Gasteiger partial charge < -0.3 is 5.73 Å². The van der Waals surface area contributed by atoms with Crippen LogP contribution in [0.5, 0.6) is 0 Å². The lowest BCUT2D eigenvalue weighted by molar-refractivity contribution is 0.148. The Kier molecular flexibility index (Phi) is 6.31. The summed E-state index contributed by atoms with van der Waals surface area (Å²) in [6, 6.07) is 8.68. The first-order chi connectivity index (χ1) is 8.84. The molecule has 108 valence electrons. The fourth-order valence-corrected chi connectivity index (χ4v) is 2.96. The molecule has 3 heteroatoms. The lowest BCUT2D eigenvalue weighted by Crippen LogP contribution is -2.42. The van der Waals surface area contributed by atoms with Gasteiger partial charge in [-0.25, -0.2) is 0 Å². The summed E-state index contributed by atoms with van der Waals surface area (Å²) < 4.78 is 0. The monoisotopic (exact) mass is 282 g/mol. The summed E-state index contributed by atoms with van der Waals surface area (Å²) in [5.74, 6) is 0.678. The first kappa shape index (κ1) is 16.5. The van der Waals surface area contributed by atoms with Gasteiger partial charge >= 0.3 is 0 Å². The molecule has 2 N–H and O–H groups in total. The van der Waals surface area contributed by atoms with Crippen molar-refractivity contribution in [2.75, 3.05) is 7.05 Å². The third-order valence-corrected chi connectivity index (χ3v) is 4.01. The number of rotatable bonds is 6. The molecule has 3 unspecified atom stereocenters. The quantitative estimate of drug-likeness (QED) is 0.851. The van der Waals surface area contributed by atoms with E-state index in [1.165, 1.54) is 0 Å². The van der Waals surface area contributed by atoms with Crippen molar-refractivity contribution >= 4 is 11.6 Å². The van der Waals surface area contributed by atoms with Gasteiger partial charge in [-0.2, -0.15) is 0 Å². The predicted molar refractivity (Wildman–Crippen MR) is 84.5 cm³/mol. The minimum Gasteiger partial charge on any atom is -0.326 e. The van der Waals surface area contributed by atoms with Gasteiger partial charge in [-0.3, -0.25) is 4.90 Å². The molecule has 0 fully saturated rings. The summed E-state index contributed by atoms with van der Waals surface area (Å²) in [5.41, 5.74) is 7.33. The topological polar surface area (TPSA) is 29.3 Å². The van der Waals surface area contributed by atoms with E-state index in [-0.39, 0.29) is 12.1 Å². The highest BCUT2D eigenvalue weighted by Crippen LogP contribution is 2.31. The maximum absolute atomic E-state index is 6.34. The van der Waals surface area contributed by atoms with Gasteiger partial charge in [0.2, 0.25) is 0 Å². The molecule has 1 rings (SSSR count). The smallest absolute Gasteiger partial charge is 0.0510 e. The highest BCUT2D eigenvalue weighted by atomic mass is 35.5. The summed E-state index contributed by atoms with van der Waals surface area (Å²) in [6.45, 7) is 8.81. The molecule has 1 aromatic rings. The van der Waals surface area contributed by atoms with Crippen LogP contribution in [0.3, 0.4) is 0 Å². The van der Waals surface area contributed by atoms with Crippen LogP contribution in [0.1, 0.15) is 45.7 Å². The minimum atomic E-state index is 0.0412. The van der Waals surface area contributed by atoms with Crippen molar-refractivity contribution in [3.8, 4) is 0 Å². The summed E-state index contributed by atoms with van der Waals surface area (Å²) >= 11 is 6.34. The van der Waals surface area contributed by atoms with Crippen molar-refractivity contribution in [3.63, 3.8) is 0 Å². The molecule has 0 amide bonds. The SMILES string of the molecule is CC(C)CC(C)N(C)C(c1ccccc1Cl)C(C)N. The van der Waals surface area contributed by atoms with Gasteiger partial charge in [0.1, 0.15) is 0 Å². The fraction of sp³-hybridized carbons (Fsp3) is 0.625. The average Bonchev–Trinajstić information content (AvgIpc) is 2.30. The summed E-state index contributed by atoms with van der Waals surface area (Å²) in [7, 11) is 2.14. The van der Waals surface area contributed by atoms with E-state index >= 15 is 0 Å². The zero-order chi connectivity index (χ0) is 14.6. The van der Waals surface area contributed by atoms with Gasteiger partial charge in [-0.05, 0) is 44.9 Å². The first-order valence-corrected chi connectivity index (χ1v) is 7.44. The standard InChI is InChI=1S/C16H27ClN2/c1-11(2)10-12(3)19(5)16(13(4)18)14-8-6-7-9-15(14)17/h6-9,11-13,16H,10,18H2,1-5H3. The van der Waals surface area contributed by atoms with E-state index in [0.717, 1.165) is 17.0 Å². The molecule has 0 bridgehead atoms. The van der Waals surface area contributed by atoms with Crippen LogP contribution in [0.4, 0.5) is 0 Å². The molecular formula is C16H27ClN2. The molecule has 3 atom stereocenters. The van der Waals surface area contributed by atoms with Crippen LogP contribution in [0.2, 0.25) is 5.02 Å². The molecule has 0 aliphatic carbocycles. The second-order valence-corrected chi connectivity index (χ2v) is 6.38. The van der Waals surface area contributed by atoms with Gasteiger partial charge in [-0.15, -0.1) is 0 Å². The molecule has 0 aliphatic rings. The van der Waals surface area contributed by atoms with Crippen molar-refractivity contribution in [1.82, 2.24) is 4.90 Å². The Morgan fingerprint density at radius 2 is 1.74 bits per heavy atom. The molecule has 0 radical (unpaired) electrons. The van der Waals surface area contributed by atoms with Crippen molar-refractivity contribution in [3.05, 3.63) is 34.9 Å². The maximum Gasteiger partial charge on any atom is 0.0510 e. The molecule has 0 heterocycles. The van der Waals surface area contributed by atoms with Crippen LogP contribution in [-0.4, -0.2) is 24.0 Å². The van der Waals surface area contributed by atoms with E-state index in [1.54, 1.807) is 0 Å². The van der Waals surface area contributed by atoms with Crippen LogP contribution in [-0.2, 0) is 0 Å². The van der Waals surface area contributed by atoms with E-state index in [0.29, 0.717) is 12.0 Å². The van der Waals surface area contributed by atoms with Crippen LogP contribution in [0.15, 0.2) is 24.3 Å². The van der Waals surface area contributed by atoms with Crippen LogP contribution < -0.4 is 5.73 Å². The molecule has 0 aliphatic heterocycles. The molecule has 1 aromatic carbocycles. The van der Waals surface area contributed by atoms with Crippen LogP contribution in [0, 0.1) is 5.92 Å². The summed E-state index contributed by atoms with van der Waals surface area (Å²) in [6.07, 6.45) is 1.16. The van der Waals surface area contributed by atoms with Crippen molar-refractivity contribution in [1.29, 1.82) is 0 Å². The number of halogens is 1. The van der Waals surface area contributed by atoms with Crippen molar-refractivity contribution in [2.45, 2.75) is 52.2 Å². The Hall–Kier alpha value is -0.570. The summed E-state index contributed by atoms with van der Waals surface area (Å²) in [5, 5.41) is 0.799. The zero-order valence-electron chi connectivity index (χ0n) is 12.7. The number of nitrogens with two attached hydrogens (primary N) is 1. The third kappa shape index (κ3) is 4.48. The molecule has 0 saturated heterocycles. The fourth-order valence-electron chi connectivity index (χ4n) is 2.71. The first-order valence-electron chi connectivity index (χ1n) is 7.06. The van der Waals surface area contributed by atoms with E-state index in [4.69, 9.17) is 17.3 Å². The average molecular weight is 283 g/mol. The van der Waals surface area contributed by atoms with E-state index < -0.39 is 0 Å². The Balaban J connectivity index is 2.98. The van der Waals surface area contributed by atoms with E-state index in [1.807, 2.05) is 25.1 Å². The molecule has 2 nitrogen and oxygen atoms in total. The van der Waals surface area contributed by atoms with Gasteiger partial charge in [0, 0.05) is 17.1 Å². The van der Waals surface area contributed by atoms with Crippen molar-refractivity contribution < 1.29 is 0 Å². The number of hydrogen-bond donors (Lipinski definition) is 1. The van der Waals surface area contributed by atoms with Gasteiger partial charge in [0.05, 0.1) is 6.04 Å². The van der Waals surface area contributed by atoms with Gasteiger partial charge in [-0.1, -0.05) is 43.6 Å². The zero-order valence-corrected chi connectivity index (χ0v) is 13.5. The second kappa shape index (κ2) is 7.28. The molecule has 19 heavy (non-hydrogen) atoms. The molecule has 0 saturated carbocycles. The number of hydrogen-bond acceptors (Lipinski definition) is 2. The van der Waals surface area contributed by atoms with E-state index in [2.05, 4.69) is 38.8 Å². The highest BCUT2D eigenvalue weighted by molar-refractivity contribution is 6.31. The molecule has 0 aromatic heterocycles. The van der Waals surface area contributed by atoms with Crippen LogP contribution in [0.25, 0.3) is 0 Å². The Morgan fingerprint density at radius 3 is 2.21 bits per heavy atom. The third-order valence-electron chi connectivity index (χ3n) is 3.67. The Labute approximate surface area is 122 Å². The predicted octanol–water partition coefficient (Wildman–Crippen LogP) is 4.09. The van der Waals surface area contributed by atoms with Gasteiger partial charge in [0.15, 0.2) is 0 Å². The highest BCUT2D eigenvalue weighted by Gasteiger charge is 2.26. The Morgan fingerprint density at radius 1 is 1.16 bits per heavy atom. The lowest BCUT2D eigenvalue weighted by Gasteiger charge is -2.37. The normalized spacial score (nSPS) is 16.7. The largest absolute Gasteiger partial charge is 0.326 e. The molecular weight excluding hydrogens is 256 g/mol. The lowest BCUT2D eigenvalue weighted by atomic mass is 9.96. The Bertz CT molecular complexity index is 390. The minimum absolute atomic E-state index is 0.0412. The van der Waals surface area contributed by atoms with Gasteiger partial charge in [0.25, 0.3) is 0 Å². The number of nitrogens with zero attached hydrogens (tertiary/aromatic N) is 1. The van der Waals surface area contributed by atoms with E-state index in [9.17, 15) is 0 Å². The number of benzene rings is 1. The van der Waals surface area contributed by atoms with Crippen LogP contribution >= 0.6 is 11.6 Å².